The number of hydrogen-bond acceptors (Lipinski definition) is 5. The van der Waals surface area contributed by atoms with E-state index in [2.05, 4.69) is 10.4 Å². The van der Waals surface area contributed by atoms with E-state index in [4.69, 9.17) is 4.74 Å². The van der Waals surface area contributed by atoms with Crippen molar-refractivity contribution in [2.45, 2.75) is 52.4 Å². The smallest absolute Gasteiger partial charge is 0.407 e. The zero-order chi connectivity index (χ0) is 18.5. The maximum Gasteiger partial charge on any atom is 0.407 e. The Labute approximate surface area is 142 Å². The fraction of sp³-hybridized carbons (Fsp3) is 0.688. The average molecular weight is 340 g/mol. The van der Waals surface area contributed by atoms with Crippen LogP contribution < -0.4 is 5.32 Å². The largest absolute Gasteiger partial charge is 0.444 e. The number of carbonyl (C=O) groups excluding carboxylic acids is 2. The van der Waals surface area contributed by atoms with Gasteiger partial charge >= 0.3 is 6.09 Å². The van der Waals surface area contributed by atoms with Crippen LogP contribution in [0.25, 0.3) is 0 Å². The Bertz CT molecular complexity index is 563. The molecule has 0 aliphatic heterocycles. The Hall–Kier alpha value is -2.09. The number of hydrogen-bond donors (Lipinski definition) is 2. The molecule has 0 spiro atoms. The van der Waals surface area contributed by atoms with Crippen LogP contribution in [0.1, 0.15) is 51.1 Å². The molecule has 0 aromatic carbocycles. The molecule has 2 N–H and O–H groups in total. The highest BCUT2D eigenvalue weighted by Crippen LogP contribution is 2.08. The van der Waals surface area contributed by atoms with Gasteiger partial charge in [0.2, 0.25) is 0 Å². The molecule has 1 unspecified atom stereocenters. The second kappa shape index (κ2) is 8.14. The van der Waals surface area contributed by atoms with Crippen molar-refractivity contribution in [2.24, 2.45) is 0 Å². The maximum atomic E-state index is 12.3. The molecule has 2 amide bonds. The summed E-state index contributed by atoms with van der Waals surface area (Å²) in [5.41, 5.74) is -0.282. The van der Waals surface area contributed by atoms with Gasteiger partial charge in [-0.25, -0.2) is 4.79 Å². The summed E-state index contributed by atoms with van der Waals surface area (Å²) in [6, 6.07) is 1.81. The normalized spacial score (nSPS) is 12.8. The summed E-state index contributed by atoms with van der Waals surface area (Å²) in [4.78, 5) is 25.2. The molecule has 1 aromatic heterocycles. The minimum Gasteiger partial charge on any atom is -0.444 e. The molecule has 0 saturated carbocycles. The number of aliphatic hydroxyl groups excluding tert-OH is 1. The predicted molar refractivity (Wildman–Crippen MR) is 89.8 cm³/mol. The molecule has 0 fully saturated rings. The summed E-state index contributed by atoms with van der Waals surface area (Å²) < 4.78 is 6.78. The van der Waals surface area contributed by atoms with Crippen molar-refractivity contribution in [3.63, 3.8) is 0 Å². The third kappa shape index (κ3) is 6.57. The van der Waals surface area contributed by atoms with Gasteiger partial charge in [0.25, 0.3) is 5.91 Å². The van der Waals surface area contributed by atoms with Crippen molar-refractivity contribution < 1.29 is 19.4 Å². The minimum atomic E-state index is -0.904. The first-order valence-electron chi connectivity index (χ1n) is 7.95. The van der Waals surface area contributed by atoms with Crippen molar-refractivity contribution in [2.75, 3.05) is 20.1 Å². The number of alkyl carbamates (subject to hydrolysis) is 1. The highest BCUT2D eigenvalue weighted by atomic mass is 16.6. The van der Waals surface area contributed by atoms with Crippen molar-refractivity contribution in [3.8, 4) is 0 Å². The van der Waals surface area contributed by atoms with E-state index in [0.29, 0.717) is 5.69 Å². The van der Waals surface area contributed by atoms with E-state index in [0.717, 1.165) is 0 Å². The number of likely N-dealkylation sites (N-methyl/N-ethyl adjacent to an activating group) is 1. The number of aromatic nitrogens is 2. The molecule has 0 aliphatic carbocycles. The minimum absolute atomic E-state index is 0.00698. The zero-order valence-electron chi connectivity index (χ0n) is 15.2. The van der Waals surface area contributed by atoms with Gasteiger partial charge in [-0.2, -0.15) is 5.10 Å². The van der Waals surface area contributed by atoms with Crippen LogP contribution in [0.3, 0.4) is 0 Å². The third-order valence-electron chi connectivity index (χ3n) is 3.07. The van der Waals surface area contributed by atoms with E-state index in [1.54, 1.807) is 44.8 Å². The van der Waals surface area contributed by atoms with Crippen molar-refractivity contribution >= 4 is 12.0 Å². The van der Waals surface area contributed by atoms with Crippen LogP contribution in [0.5, 0.6) is 0 Å². The molecule has 8 heteroatoms. The first kappa shape index (κ1) is 20.0. The number of rotatable bonds is 6. The highest BCUT2D eigenvalue weighted by molar-refractivity contribution is 5.92. The van der Waals surface area contributed by atoms with Gasteiger partial charge < -0.3 is 20.1 Å². The fourth-order valence-corrected chi connectivity index (χ4v) is 1.91. The number of nitrogens with zero attached hydrogens (tertiary/aromatic N) is 3. The van der Waals surface area contributed by atoms with Crippen molar-refractivity contribution in [3.05, 3.63) is 18.0 Å². The molecule has 8 nitrogen and oxygen atoms in total. The van der Waals surface area contributed by atoms with Crippen molar-refractivity contribution in [1.29, 1.82) is 0 Å². The topological polar surface area (TPSA) is 96.7 Å². The van der Waals surface area contributed by atoms with Gasteiger partial charge in [0.1, 0.15) is 11.3 Å². The van der Waals surface area contributed by atoms with Crippen molar-refractivity contribution in [1.82, 2.24) is 20.0 Å². The highest BCUT2D eigenvalue weighted by Gasteiger charge is 2.20. The predicted octanol–water partition coefficient (Wildman–Crippen LogP) is 1.42. The number of ether oxygens (including phenoxy) is 1. The standard InChI is InChI=1S/C16H28N4O4/c1-11(2)20-8-7-13(18-20)14(22)19(6)10-12(21)9-17-15(23)24-16(3,4)5/h7-8,11-12,21H,9-10H2,1-6H3,(H,17,23). The maximum absolute atomic E-state index is 12.3. The first-order chi connectivity index (χ1) is 11.0. The Morgan fingerprint density at radius 3 is 2.54 bits per heavy atom. The Morgan fingerprint density at radius 1 is 1.42 bits per heavy atom. The molecular formula is C16H28N4O4. The third-order valence-corrected chi connectivity index (χ3v) is 3.07. The summed E-state index contributed by atoms with van der Waals surface area (Å²) in [6.45, 7) is 9.27. The number of aliphatic hydroxyl groups is 1. The summed E-state index contributed by atoms with van der Waals surface area (Å²) in [5.74, 6) is -0.286. The van der Waals surface area contributed by atoms with Crippen LogP contribution in [0, 0.1) is 0 Å². The van der Waals surface area contributed by atoms with Crippen LogP contribution in [0.2, 0.25) is 0 Å². The molecule has 1 aromatic rings. The fourth-order valence-electron chi connectivity index (χ4n) is 1.91. The van der Waals surface area contributed by atoms with Crippen LogP contribution in [0.15, 0.2) is 12.3 Å². The van der Waals surface area contributed by atoms with E-state index in [-0.39, 0.29) is 25.0 Å². The summed E-state index contributed by atoms with van der Waals surface area (Å²) in [5, 5.41) is 16.6. The number of carbonyl (C=O) groups is 2. The zero-order valence-corrected chi connectivity index (χ0v) is 15.2. The van der Waals surface area contributed by atoms with E-state index in [9.17, 15) is 14.7 Å². The molecular weight excluding hydrogens is 312 g/mol. The first-order valence-corrected chi connectivity index (χ1v) is 7.95. The van der Waals surface area contributed by atoms with E-state index in [1.807, 2.05) is 13.8 Å². The molecule has 1 rings (SSSR count). The quantitative estimate of drug-likeness (QED) is 0.816. The van der Waals surface area contributed by atoms with Crippen LogP contribution in [0.4, 0.5) is 4.79 Å². The van der Waals surface area contributed by atoms with E-state index < -0.39 is 17.8 Å². The van der Waals surface area contributed by atoms with Crippen LogP contribution in [-0.2, 0) is 4.74 Å². The summed E-state index contributed by atoms with van der Waals surface area (Å²) in [7, 11) is 1.58. The lowest BCUT2D eigenvalue weighted by Crippen LogP contribution is -2.42. The van der Waals surface area contributed by atoms with E-state index in [1.165, 1.54) is 4.90 Å². The van der Waals surface area contributed by atoms with Gasteiger partial charge in [0.15, 0.2) is 0 Å². The van der Waals surface area contributed by atoms with Gasteiger partial charge in [-0.3, -0.25) is 9.48 Å². The Kier molecular flexibility index (Phi) is 6.77. The summed E-state index contributed by atoms with van der Waals surface area (Å²) in [6.07, 6.45) is 0.233. The molecule has 0 bridgehead atoms. The van der Waals surface area contributed by atoms with Gasteiger partial charge in [-0.05, 0) is 40.7 Å². The second-order valence-electron chi connectivity index (χ2n) is 7.00. The molecule has 0 aliphatic rings. The lowest BCUT2D eigenvalue weighted by Gasteiger charge is -2.22. The number of nitrogens with one attached hydrogen (secondary N) is 1. The van der Waals surface area contributed by atoms with E-state index >= 15 is 0 Å². The van der Waals surface area contributed by atoms with Crippen LogP contribution in [-0.4, -0.2) is 63.6 Å². The van der Waals surface area contributed by atoms with Gasteiger partial charge in [0, 0.05) is 32.4 Å². The molecule has 1 heterocycles. The molecule has 1 atom stereocenters. The lowest BCUT2D eigenvalue weighted by molar-refractivity contribution is 0.0468. The number of amides is 2. The van der Waals surface area contributed by atoms with Gasteiger partial charge in [-0.15, -0.1) is 0 Å². The molecule has 24 heavy (non-hydrogen) atoms. The van der Waals surface area contributed by atoms with Gasteiger partial charge in [0.05, 0.1) is 6.10 Å². The SMILES string of the molecule is CC(C)n1ccc(C(=O)N(C)CC(O)CNC(=O)OC(C)(C)C)n1. The monoisotopic (exact) mass is 340 g/mol. The lowest BCUT2D eigenvalue weighted by atomic mass is 10.2. The van der Waals surface area contributed by atoms with Crippen LogP contribution >= 0.6 is 0 Å². The van der Waals surface area contributed by atoms with Gasteiger partial charge in [-0.1, -0.05) is 0 Å². The molecule has 0 saturated heterocycles. The molecule has 136 valence electrons. The summed E-state index contributed by atoms with van der Waals surface area (Å²) >= 11 is 0. The second-order valence-corrected chi connectivity index (χ2v) is 7.00. The Balaban J connectivity index is 2.46. The Morgan fingerprint density at radius 2 is 2.04 bits per heavy atom. The molecule has 0 radical (unpaired) electrons. The average Bonchev–Trinajstić information content (AvgIpc) is 2.92.